The summed E-state index contributed by atoms with van der Waals surface area (Å²) in [5.74, 6) is 0. The van der Waals surface area contributed by atoms with Crippen LogP contribution in [0, 0.1) is 0 Å². The highest BCUT2D eigenvalue weighted by Gasteiger charge is 2.39. The molecule has 0 aliphatic carbocycles. The molecule has 0 amide bonds. The summed E-state index contributed by atoms with van der Waals surface area (Å²) in [6.07, 6.45) is 1.10. The molecule has 1 atom stereocenters. The van der Waals surface area contributed by atoms with E-state index in [1.165, 1.54) is 0 Å². The van der Waals surface area contributed by atoms with Gasteiger partial charge in [-0.15, -0.1) is 0 Å². The second kappa shape index (κ2) is 4.61. The second-order valence-electron chi connectivity index (χ2n) is 5.59. The van der Waals surface area contributed by atoms with Crippen LogP contribution in [0.2, 0.25) is 0 Å². The van der Waals surface area contributed by atoms with Crippen molar-refractivity contribution < 1.29 is 9.47 Å². The first-order valence-corrected chi connectivity index (χ1v) is 6.18. The van der Waals surface area contributed by atoms with E-state index in [1.807, 2.05) is 0 Å². The Kier molecular flexibility index (Phi) is 3.54. The summed E-state index contributed by atoms with van der Waals surface area (Å²) >= 11 is 0. The number of rotatable bonds is 4. The number of nitrogens with one attached hydrogen (secondary N) is 1. The van der Waals surface area contributed by atoms with Crippen molar-refractivity contribution in [2.45, 2.75) is 31.5 Å². The fraction of sp³-hybridized carbons (Fsp3) is 1.00. The van der Waals surface area contributed by atoms with Crippen molar-refractivity contribution >= 4 is 0 Å². The van der Waals surface area contributed by atoms with Gasteiger partial charge in [0.25, 0.3) is 0 Å². The standard InChI is InChI=1S/C12H24N2O2/c1-11(8-13-5-7-16-11)4-6-14-9-12(2,10-14)15-3/h13H,4-10H2,1-3H3. The minimum Gasteiger partial charge on any atom is -0.376 e. The van der Waals surface area contributed by atoms with Crippen LogP contribution in [0.25, 0.3) is 0 Å². The molecule has 0 bridgehead atoms. The molecule has 0 aromatic carbocycles. The van der Waals surface area contributed by atoms with Crippen LogP contribution in [-0.4, -0.2) is 62.5 Å². The van der Waals surface area contributed by atoms with Crippen LogP contribution in [-0.2, 0) is 9.47 Å². The molecule has 2 fully saturated rings. The number of morpholine rings is 1. The highest BCUT2D eigenvalue weighted by atomic mass is 16.5. The van der Waals surface area contributed by atoms with Crippen molar-refractivity contribution in [2.75, 3.05) is 46.4 Å². The maximum atomic E-state index is 5.84. The lowest BCUT2D eigenvalue weighted by Gasteiger charge is -2.48. The Bertz CT molecular complexity index is 233. The first-order chi connectivity index (χ1) is 7.55. The zero-order valence-electron chi connectivity index (χ0n) is 10.7. The van der Waals surface area contributed by atoms with Gasteiger partial charge in [0.15, 0.2) is 0 Å². The maximum Gasteiger partial charge on any atom is 0.0903 e. The molecule has 4 heteroatoms. The van der Waals surface area contributed by atoms with E-state index >= 15 is 0 Å². The zero-order chi connectivity index (χ0) is 11.6. The number of ether oxygens (including phenoxy) is 2. The Morgan fingerprint density at radius 1 is 1.38 bits per heavy atom. The highest BCUT2D eigenvalue weighted by Crippen LogP contribution is 2.26. The van der Waals surface area contributed by atoms with Gasteiger partial charge < -0.3 is 14.8 Å². The topological polar surface area (TPSA) is 33.7 Å². The lowest BCUT2D eigenvalue weighted by atomic mass is 9.94. The van der Waals surface area contributed by atoms with Crippen molar-refractivity contribution in [3.63, 3.8) is 0 Å². The Morgan fingerprint density at radius 3 is 2.69 bits per heavy atom. The summed E-state index contributed by atoms with van der Waals surface area (Å²) in [4.78, 5) is 2.44. The zero-order valence-corrected chi connectivity index (χ0v) is 10.7. The van der Waals surface area contributed by atoms with Crippen LogP contribution in [0.3, 0.4) is 0 Å². The van der Waals surface area contributed by atoms with Gasteiger partial charge in [0.1, 0.15) is 0 Å². The highest BCUT2D eigenvalue weighted by molar-refractivity contribution is 4.94. The van der Waals surface area contributed by atoms with E-state index in [-0.39, 0.29) is 11.2 Å². The summed E-state index contributed by atoms with van der Waals surface area (Å²) in [7, 11) is 1.80. The Balaban J connectivity index is 1.68. The normalized spacial score (nSPS) is 34.7. The third-order valence-corrected chi connectivity index (χ3v) is 3.79. The molecule has 2 rings (SSSR count). The van der Waals surface area contributed by atoms with Gasteiger partial charge in [-0.25, -0.2) is 0 Å². The molecule has 4 nitrogen and oxygen atoms in total. The molecule has 0 saturated carbocycles. The summed E-state index contributed by atoms with van der Waals surface area (Å²) in [5, 5.41) is 3.39. The van der Waals surface area contributed by atoms with Crippen LogP contribution in [0.1, 0.15) is 20.3 Å². The van der Waals surface area contributed by atoms with E-state index in [1.54, 1.807) is 7.11 Å². The number of likely N-dealkylation sites (tertiary alicyclic amines) is 1. The average molecular weight is 228 g/mol. The summed E-state index contributed by atoms with van der Waals surface area (Å²) in [6, 6.07) is 0. The summed E-state index contributed by atoms with van der Waals surface area (Å²) in [5.41, 5.74) is 0.115. The molecule has 94 valence electrons. The van der Waals surface area contributed by atoms with Crippen LogP contribution in [0.15, 0.2) is 0 Å². The summed E-state index contributed by atoms with van der Waals surface area (Å²) in [6.45, 7) is 10.4. The van der Waals surface area contributed by atoms with Crippen molar-refractivity contribution in [3.8, 4) is 0 Å². The average Bonchev–Trinajstić information content (AvgIpc) is 2.24. The largest absolute Gasteiger partial charge is 0.376 e. The van der Waals surface area contributed by atoms with Gasteiger partial charge in [-0.05, 0) is 20.3 Å². The molecule has 2 aliphatic heterocycles. The van der Waals surface area contributed by atoms with Gasteiger partial charge in [0, 0.05) is 39.8 Å². The Labute approximate surface area is 98.3 Å². The minimum absolute atomic E-state index is 0.0251. The third kappa shape index (κ3) is 2.74. The molecule has 1 unspecified atom stereocenters. The van der Waals surface area contributed by atoms with E-state index in [0.29, 0.717) is 0 Å². The monoisotopic (exact) mass is 228 g/mol. The third-order valence-electron chi connectivity index (χ3n) is 3.79. The van der Waals surface area contributed by atoms with Crippen molar-refractivity contribution in [1.82, 2.24) is 10.2 Å². The fourth-order valence-electron chi connectivity index (χ4n) is 2.52. The smallest absolute Gasteiger partial charge is 0.0903 e. The Morgan fingerprint density at radius 2 is 2.12 bits per heavy atom. The van der Waals surface area contributed by atoms with E-state index in [4.69, 9.17) is 9.47 Å². The molecular formula is C12H24N2O2. The Hall–Kier alpha value is -0.160. The van der Waals surface area contributed by atoms with Gasteiger partial charge >= 0.3 is 0 Å². The van der Waals surface area contributed by atoms with Crippen LogP contribution < -0.4 is 5.32 Å². The predicted molar refractivity (Wildman–Crippen MR) is 63.7 cm³/mol. The van der Waals surface area contributed by atoms with Crippen LogP contribution in [0.5, 0.6) is 0 Å². The lowest BCUT2D eigenvalue weighted by molar-refractivity contribution is -0.122. The molecule has 2 saturated heterocycles. The number of hydrogen-bond acceptors (Lipinski definition) is 4. The SMILES string of the molecule is COC1(C)CN(CCC2(C)CNCCO2)C1. The van der Waals surface area contributed by atoms with E-state index in [0.717, 1.165) is 45.8 Å². The van der Waals surface area contributed by atoms with Crippen LogP contribution in [0.4, 0.5) is 0 Å². The molecule has 0 radical (unpaired) electrons. The van der Waals surface area contributed by atoms with Crippen molar-refractivity contribution in [3.05, 3.63) is 0 Å². The van der Waals surface area contributed by atoms with Crippen molar-refractivity contribution in [2.24, 2.45) is 0 Å². The quantitative estimate of drug-likeness (QED) is 0.758. The first kappa shape index (κ1) is 12.3. The van der Waals surface area contributed by atoms with Gasteiger partial charge in [0.2, 0.25) is 0 Å². The molecule has 1 N–H and O–H groups in total. The van der Waals surface area contributed by atoms with E-state index in [2.05, 4.69) is 24.1 Å². The molecule has 16 heavy (non-hydrogen) atoms. The van der Waals surface area contributed by atoms with Gasteiger partial charge in [-0.2, -0.15) is 0 Å². The molecular weight excluding hydrogens is 204 g/mol. The van der Waals surface area contributed by atoms with E-state index in [9.17, 15) is 0 Å². The van der Waals surface area contributed by atoms with E-state index < -0.39 is 0 Å². The molecule has 2 aliphatic rings. The molecule has 0 aromatic rings. The number of nitrogens with zero attached hydrogens (tertiary/aromatic N) is 1. The number of methoxy groups -OCH3 is 1. The fourth-order valence-corrected chi connectivity index (χ4v) is 2.52. The molecule has 2 heterocycles. The molecule has 0 aromatic heterocycles. The maximum absolute atomic E-state index is 5.84. The lowest BCUT2D eigenvalue weighted by Crippen LogP contribution is -2.62. The van der Waals surface area contributed by atoms with Gasteiger partial charge in [-0.3, -0.25) is 4.90 Å². The molecule has 0 spiro atoms. The van der Waals surface area contributed by atoms with Gasteiger partial charge in [-0.1, -0.05) is 0 Å². The van der Waals surface area contributed by atoms with Gasteiger partial charge in [0.05, 0.1) is 17.8 Å². The summed E-state index contributed by atoms with van der Waals surface area (Å²) < 4.78 is 11.3. The van der Waals surface area contributed by atoms with Crippen molar-refractivity contribution in [1.29, 1.82) is 0 Å². The van der Waals surface area contributed by atoms with Crippen LogP contribution >= 0.6 is 0 Å². The number of hydrogen-bond donors (Lipinski definition) is 1. The second-order valence-corrected chi connectivity index (χ2v) is 5.59. The first-order valence-electron chi connectivity index (χ1n) is 6.18. The predicted octanol–water partition coefficient (Wildman–Crippen LogP) is 0.476. The minimum atomic E-state index is 0.0251.